The molecule has 8 heteroatoms. The molecule has 128 valence electrons. The third kappa shape index (κ3) is 3.28. The van der Waals surface area contributed by atoms with Gasteiger partial charge in [-0.25, -0.2) is 4.72 Å². The molecule has 1 aromatic carbocycles. The van der Waals surface area contributed by atoms with E-state index in [2.05, 4.69) is 9.82 Å². The minimum atomic E-state index is -3.99. The van der Waals surface area contributed by atoms with Crippen LogP contribution in [0.3, 0.4) is 0 Å². The minimum absolute atomic E-state index is 0.214. The maximum Gasteiger partial charge on any atom is 0.326 e. The Labute approximate surface area is 141 Å². The van der Waals surface area contributed by atoms with Gasteiger partial charge in [-0.3, -0.25) is 13.8 Å². The van der Waals surface area contributed by atoms with Crippen molar-refractivity contribution in [1.82, 2.24) is 14.5 Å². The van der Waals surface area contributed by atoms with Gasteiger partial charge in [0.15, 0.2) is 0 Å². The van der Waals surface area contributed by atoms with Crippen LogP contribution in [0.1, 0.15) is 41.9 Å². The number of nitrogens with zero attached hydrogens (tertiary/aromatic N) is 3. The monoisotopic (exact) mass is 348 g/mol. The average molecular weight is 348 g/mol. The number of carbonyl (C=O) groups excluding carboxylic acids is 1. The topological polar surface area (TPSA) is 84.3 Å². The predicted octanol–water partition coefficient (Wildman–Crippen LogP) is 1.80. The van der Waals surface area contributed by atoms with Crippen molar-refractivity contribution in [3.8, 4) is 0 Å². The molecule has 1 amide bonds. The number of hydrogen-bond donors (Lipinski definition) is 1. The summed E-state index contributed by atoms with van der Waals surface area (Å²) >= 11 is 0. The zero-order valence-corrected chi connectivity index (χ0v) is 14.5. The number of aryl methyl sites for hydroxylation is 1. The molecule has 2 aromatic rings. The molecule has 1 saturated carbocycles. The van der Waals surface area contributed by atoms with Gasteiger partial charge in [0.2, 0.25) is 0 Å². The number of anilines is 1. The standard InChI is InChI=1S/C16H20N4O3S/c1-3-20(13-7-5-4-6-8-13)24(22,23)18-16(21)15-11-14(12-9-10-12)17-19(15)2/h4-8,11-12H,3,9-10H2,1-2H3,(H,18,21). The third-order valence-electron chi connectivity index (χ3n) is 3.97. The van der Waals surface area contributed by atoms with E-state index in [1.165, 1.54) is 4.68 Å². The highest BCUT2D eigenvalue weighted by Crippen LogP contribution is 2.39. The minimum Gasteiger partial charge on any atom is -0.266 e. The summed E-state index contributed by atoms with van der Waals surface area (Å²) in [6.45, 7) is 1.93. The maximum absolute atomic E-state index is 12.6. The van der Waals surface area contributed by atoms with Gasteiger partial charge in [0.1, 0.15) is 5.69 Å². The van der Waals surface area contributed by atoms with Gasteiger partial charge in [-0.1, -0.05) is 18.2 Å². The molecule has 1 N–H and O–H groups in total. The van der Waals surface area contributed by atoms with Crippen LogP contribution >= 0.6 is 0 Å². The summed E-state index contributed by atoms with van der Waals surface area (Å²) in [5, 5.41) is 4.29. The Hall–Kier alpha value is -2.35. The van der Waals surface area contributed by atoms with E-state index < -0.39 is 16.1 Å². The number of benzene rings is 1. The molecule has 0 atom stereocenters. The number of carbonyl (C=O) groups is 1. The van der Waals surface area contributed by atoms with Gasteiger partial charge in [-0.05, 0) is 38.0 Å². The Balaban J connectivity index is 1.81. The van der Waals surface area contributed by atoms with Gasteiger partial charge >= 0.3 is 10.2 Å². The first-order chi connectivity index (χ1) is 11.4. The SMILES string of the molecule is CCN(c1ccccc1)S(=O)(=O)NC(=O)c1cc(C2CC2)nn1C. The second-order valence-electron chi connectivity index (χ2n) is 5.79. The largest absolute Gasteiger partial charge is 0.326 e. The Morgan fingerprint density at radius 2 is 2.00 bits per heavy atom. The van der Waals surface area contributed by atoms with Crippen LogP contribution < -0.4 is 9.03 Å². The van der Waals surface area contributed by atoms with Crippen LogP contribution in [0.2, 0.25) is 0 Å². The number of para-hydroxylation sites is 1. The number of amides is 1. The summed E-state index contributed by atoms with van der Waals surface area (Å²) in [5.74, 6) is -0.280. The van der Waals surface area contributed by atoms with Gasteiger partial charge in [-0.15, -0.1) is 0 Å². The lowest BCUT2D eigenvalue weighted by Crippen LogP contribution is -2.44. The van der Waals surface area contributed by atoms with E-state index in [1.54, 1.807) is 50.4 Å². The van der Waals surface area contributed by atoms with Crippen LogP contribution in [0.4, 0.5) is 5.69 Å². The smallest absolute Gasteiger partial charge is 0.266 e. The van der Waals surface area contributed by atoms with E-state index >= 15 is 0 Å². The van der Waals surface area contributed by atoms with E-state index in [4.69, 9.17) is 0 Å². The summed E-state index contributed by atoms with van der Waals surface area (Å²) in [7, 11) is -2.35. The molecule has 0 bridgehead atoms. The number of nitrogens with one attached hydrogen (secondary N) is 1. The molecule has 24 heavy (non-hydrogen) atoms. The van der Waals surface area contributed by atoms with Gasteiger partial charge in [0.05, 0.1) is 11.4 Å². The molecule has 1 aliphatic carbocycles. The van der Waals surface area contributed by atoms with E-state index in [0.29, 0.717) is 11.6 Å². The fourth-order valence-corrected chi connectivity index (χ4v) is 3.78. The molecule has 0 radical (unpaired) electrons. The Morgan fingerprint density at radius 3 is 2.58 bits per heavy atom. The second-order valence-corrected chi connectivity index (χ2v) is 7.38. The lowest BCUT2D eigenvalue weighted by Gasteiger charge is -2.22. The lowest BCUT2D eigenvalue weighted by atomic mass is 10.2. The summed E-state index contributed by atoms with van der Waals surface area (Å²) in [6, 6.07) is 10.3. The van der Waals surface area contributed by atoms with Gasteiger partial charge in [0.25, 0.3) is 5.91 Å². The van der Waals surface area contributed by atoms with Crippen LogP contribution in [-0.4, -0.2) is 30.7 Å². The van der Waals surface area contributed by atoms with Crippen molar-refractivity contribution in [2.45, 2.75) is 25.7 Å². The molecule has 1 aliphatic rings. The number of hydrogen-bond acceptors (Lipinski definition) is 4. The molecule has 0 unspecified atom stereocenters. The van der Waals surface area contributed by atoms with Crippen LogP contribution in [0.5, 0.6) is 0 Å². The highest BCUT2D eigenvalue weighted by atomic mass is 32.2. The first kappa shape index (κ1) is 16.5. The molecule has 7 nitrogen and oxygen atoms in total. The fraction of sp³-hybridized carbons (Fsp3) is 0.375. The highest BCUT2D eigenvalue weighted by molar-refractivity contribution is 7.91. The quantitative estimate of drug-likeness (QED) is 0.863. The van der Waals surface area contributed by atoms with E-state index in [-0.39, 0.29) is 12.2 Å². The molecule has 1 heterocycles. The zero-order valence-electron chi connectivity index (χ0n) is 13.6. The van der Waals surface area contributed by atoms with Crippen molar-refractivity contribution in [3.63, 3.8) is 0 Å². The van der Waals surface area contributed by atoms with Crippen LogP contribution in [0.25, 0.3) is 0 Å². The summed E-state index contributed by atoms with van der Waals surface area (Å²) in [5.41, 5.74) is 1.59. The van der Waals surface area contributed by atoms with Crippen molar-refractivity contribution in [3.05, 3.63) is 47.8 Å². The van der Waals surface area contributed by atoms with E-state index in [0.717, 1.165) is 22.8 Å². The number of aromatic nitrogens is 2. The van der Waals surface area contributed by atoms with Crippen LogP contribution in [-0.2, 0) is 17.3 Å². The lowest BCUT2D eigenvalue weighted by molar-refractivity contribution is 0.0972. The summed E-state index contributed by atoms with van der Waals surface area (Å²) < 4.78 is 29.9. The maximum atomic E-state index is 12.6. The van der Waals surface area contributed by atoms with E-state index in [1.807, 2.05) is 0 Å². The van der Waals surface area contributed by atoms with Crippen molar-refractivity contribution >= 4 is 21.8 Å². The average Bonchev–Trinajstić information content (AvgIpc) is 3.31. The Bertz CT molecular complexity index is 841. The summed E-state index contributed by atoms with van der Waals surface area (Å²) in [4.78, 5) is 12.4. The molecule has 1 fully saturated rings. The molecule has 3 rings (SSSR count). The normalized spacial score (nSPS) is 14.4. The van der Waals surface area contributed by atoms with Crippen LogP contribution in [0.15, 0.2) is 36.4 Å². The first-order valence-corrected chi connectivity index (χ1v) is 9.30. The molecule has 0 saturated heterocycles. The zero-order chi connectivity index (χ0) is 17.3. The van der Waals surface area contributed by atoms with Crippen LogP contribution in [0, 0.1) is 0 Å². The summed E-state index contributed by atoms with van der Waals surface area (Å²) in [6.07, 6.45) is 2.13. The van der Waals surface area contributed by atoms with Crippen molar-refractivity contribution < 1.29 is 13.2 Å². The number of rotatable bonds is 6. The van der Waals surface area contributed by atoms with Gasteiger partial charge in [0, 0.05) is 19.5 Å². The fourth-order valence-electron chi connectivity index (χ4n) is 2.59. The third-order valence-corrected chi connectivity index (χ3v) is 5.46. The molecule has 0 spiro atoms. The van der Waals surface area contributed by atoms with Crippen molar-refractivity contribution in [1.29, 1.82) is 0 Å². The Morgan fingerprint density at radius 1 is 1.33 bits per heavy atom. The van der Waals surface area contributed by atoms with Gasteiger partial charge < -0.3 is 0 Å². The highest BCUT2D eigenvalue weighted by Gasteiger charge is 2.30. The molecular formula is C16H20N4O3S. The molecular weight excluding hydrogens is 328 g/mol. The Kier molecular flexibility index (Phi) is 4.31. The van der Waals surface area contributed by atoms with E-state index in [9.17, 15) is 13.2 Å². The van der Waals surface area contributed by atoms with Crippen molar-refractivity contribution in [2.24, 2.45) is 7.05 Å². The molecule has 0 aliphatic heterocycles. The first-order valence-electron chi connectivity index (χ1n) is 7.86. The second kappa shape index (κ2) is 6.27. The molecule has 1 aromatic heterocycles. The van der Waals surface area contributed by atoms with Crippen molar-refractivity contribution in [2.75, 3.05) is 10.8 Å². The predicted molar refractivity (Wildman–Crippen MR) is 91.0 cm³/mol. The van der Waals surface area contributed by atoms with Gasteiger partial charge in [-0.2, -0.15) is 13.5 Å².